The number of carbonyl (C=O) groups excluding carboxylic acids is 1. The summed E-state index contributed by atoms with van der Waals surface area (Å²) < 4.78 is 0. The van der Waals surface area contributed by atoms with Gasteiger partial charge in [0.1, 0.15) is 0 Å². The van der Waals surface area contributed by atoms with E-state index in [2.05, 4.69) is 5.32 Å². The fourth-order valence-corrected chi connectivity index (χ4v) is 3.27. The Bertz CT molecular complexity index is 352. The maximum atomic E-state index is 11.9. The third kappa shape index (κ3) is 4.00. The minimum absolute atomic E-state index is 0.0981. The Balaban J connectivity index is 1.84. The number of rotatable bonds is 3. The molecule has 1 amide bonds. The molecule has 1 aliphatic rings. The van der Waals surface area contributed by atoms with Crippen molar-refractivity contribution in [2.75, 3.05) is 0 Å². The van der Waals surface area contributed by atoms with E-state index >= 15 is 0 Å². The smallest absolute Gasteiger partial charge is 0.224 e. The van der Waals surface area contributed by atoms with Crippen molar-refractivity contribution in [2.24, 2.45) is 0 Å². The average Bonchev–Trinajstić information content (AvgIpc) is 2.71. The average molecular weight is 272 g/mol. The van der Waals surface area contributed by atoms with Crippen LogP contribution < -0.4 is 5.32 Å². The summed E-state index contributed by atoms with van der Waals surface area (Å²) in [5.41, 5.74) is 1.09. The van der Waals surface area contributed by atoms with Crippen molar-refractivity contribution in [3.8, 4) is 0 Å². The molecule has 0 aliphatic heterocycles. The first kappa shape index (κ1) is 12.9. The molecule has 1 aromatic rings. The van der Waals surface area contributed by atoms with Crippen molar-refractivity contribution in [1.29, 1.82) is 0 Å². The van der Waals surface area contributed by atoms with E-state index in [1.807, 2.05) is 16.8 Å². The number of thiophene rings is 1. The molecule has 1 N–H and O–H groups in total. The standard InChI is InChI=1S/C13H18ClNOS/c14-11-4-2-1-3-5-12(11)15-13(16)8-10-6-7-17-9-10/h6-7,9,11-12H,1-5,8H2,(H,15,16). The molecule has 94 valence electrons. The lowest BCUT2D eigenvalue weighted by Crippen LogP contribution is -2.41. The quantitative estimate of drug-likeness (QED) is 0.663. The van der Waals surface area contributed by atoms with Gasteiger partial charge in [0.05, 0.1) is 11.8 Å². The van der Waals surface area contributed by atoms with Crippen LogP contribution in [-0.4, -0.2) is 17.3 Å². The van der Waals surface area contributed by atoms with Crippen molar-refractivity contribution in [3.05, 3.63) is 22.4 Å². The first-order chi connectivity index (χ1) is 8.25. The summed E-state index contributed by atoms with van der Waals surface area (Å²) in [7, 11) is 0. The minimum atomic E-state index is 0.0981. The van der Waals surface area contributed by atoms with Gasteiger partial charge in [0, 0.05) is 6.04 Å². The third-order valence-electron chi connectivity index (χ3n) is 3.22. The van der Waals surface area contributed by atoms with Crippen molar-refractivity contribution in [2.45, 2.75) is 49.9 Å². The second-order valence-corrected chi connectivity index (χ2v) is 5.98. The van der Waals surface area contributed by atoms with Crippen LogP contribution in [0.5, 0.6) is 0 Å². The van der Waals surface area contributed by atoms with E-state index in [1.165, 1.54) is 19.3 Å². The van der Waals surface area contributed by atoms with Gasteiger partial charge < -0.3 is 5.32 Å². The first-order valence-electron chi connectivity index (χ1n) is 6.20. The zero-order valence-corrected chi connectivity index (χ0v) is 11.4. The largest absolute Gasteiger partial charge is 0.352 e. The molecular weight excluding hydrogens is 254 g/mol. The summed E-state index contributed by atoms with van der Waals surface area (Å²) in [6.45, 7) is 0. The number of hydrogen-bond donors (Lipinski definition) is 1. The predicted octanol–water partition coefficient (Wildman–Crippen LogP) is 3.35. The van der Waals surface area contributed by atoms with Crippen LogP contribution in [0.1, 0.15) is 37.7 Å². The highest BCUT2D eigenvalue weighted by molar-refractivity contribution is 7.07. The van der Waals surface area contributed by atoms with Crippen molar-refractivity contribution < 1.29 is 4.79 Å². The fraction of sp³-hybridized carbons (Fsp3) is 0.615. The summed E-state index contributed by atoms with van der Waals surface area (Å²) in [6, 6.07) is 2.15. The number of amides is 1. The van der Waals surface area contributed by atoms with E-state index < -0.39 is 0 Å². The van der Waals surface area contributed by atoms with Gasteiger partial charge in [0.25, 0.3) is 0 Å². The summed E-state index contributed by atoms with van der Waals surface area (Å²) in [4.78, 5) is 11.9. The van der Waals surface area contributed by atoms with E-state index in [1.54, 1.807) is 11.3 Å². The van der Waals surface area contributed by atoms with E-state index in [9.17, 15) is 4.79 Å². The molecule has 2 atom stereocenters. The molecule has 1 saturated carbocycles. The molecule has 1 aromatic heterocycles. The zero-order chi connectivity index (χ0) is 12.1. The Kier molecular flexibility index (Phi) is 4.86. The van der Waals surface area contributed by atoms with Gasteiger partial charge >= 0.3 is 0 Å². The van der Waals surface area contributed by atoms with Crippen LogP contribution in [0.3, 0.4) is 0 Å². The van der Waals surface area contributed by atoms with Gasteiger partial charge in [0.2, 0.25) is 5.91 Å². The van der Waals surface area contributed by atoms with E-state index in [-0.39, 0.29) is 17.3 Å². The summed E-state index contributed by atoms with van der Waals surface area (Å²) >= 11 is 7.93. The fourth-order valence-electron chi connectivity index (χ4n) is 2.26. The number of nitrogens with one attached hydrogen (secondary N) is 1. The van der Waals surface area contributed by atoms with E-state index in [4.69, 9.17) is 11.6 Å². The van der Waals surface area contributed by atoms with Crippen LogP contribution in [0, 0.1) is 0 Å². The molecule has 2 nitrogen and oxygen atoms in total. The predicted molar refractivity (Wildman–Crippen MR) is 72.7 cm³/mol. The van der Waals surface area contributed by atoms with E-state index in [0.717, 1.165) is 18.4 Å². The van der Waals surface area contributed by atoms with Gasteiger partial charge in [-0.1, -0.05) is 19.3 Å². The van der Waals surface area contributed by atoms with Crippen LogP contribution >= 0.6 is 22.9 Å². The highest BCUT2D eigenvalue weighted by atomic mass is 35.5. The van der Waals surface area contributed by atoms with Gasteiger partial charge in [-0.25, -0.2) is 0 Å². The monoisotopic (exact) mass is 271 g/mol. The molecule has 17 heavy (non-hydrogen) atoms. The molecule has 0 aromatic carbocycles. The van der Waals surface area contributed by atoms with Gasteiger partial charge in [-0.05, 0) is 35.2 Å². The highest BCUT2D eigenvalue weighted by Crippen LogP contribution is 2.22. The van der Waals surface area contributed by atoms with E-state index in [0.29, 0.717) is 6.42 Å². The van der Waals surface area contributed by atoms with Crippen LogP contribution in [0.15, 0.2) is 16.8 Å². The van der Waals surface area contributed by atoms with Gasteiger partial charge in [-0.3, -0.25) is 4.79 Å². The van der Waals surface area contributed by atoms with Gasteiger partial charge in [-0.15, -0.1) is 11.6 Å². The van der Waals surface area contributed by atoms with Crippen LogP contribution in [0.25, 0.3) is 0 Å². The molecular formula is C13H18ClNOS. The summed E-state index contributed by atoms with van der Waals surface area (Å²) in [5.74, 6) is 0.0981. The molecule has 0 bridgehead atoms. The van der Waals surface area contributed by atoms with Crippen LogP contribution in [-0.2, 0) is 11.2 Å². The SMILES string of the molecule is O=C(Cc1ccsc1)NC1CCCCCC1Cl. The Hall–Kier alpha value is -0.540. The number of alkyl halides is 1. The number of hydrogen-bond acceptors (Lipinski definition) is 2. The molecule has 0 radical (unpaired) electrons. The zero-order valence-electron chi connectivity index (χ0n) is 9.82. The molecule has 2 unspecified atom stereocenters. The number of carbonyl (C=O) groups is 1. The van der Waals surface area contributed by atoms with Crippen LogP contribution in [0.2, 0.25) is 0 Å². The summed E-state index contributed by atoms with van der Waals surface area (Å²) in [5, 5.41) is 7.20. The Morgan fingerprint density at radius 3 is 3.00 bits per heavy atom. The summed E-state index contributed by atoms with van der Waals surface area (Å²) in [6.07, 6.45) is 6.11. The van der Waals surface area contributed by atoms with Gasteiger partial charge in [-0.2, -0.15) is 11.3 Å². The van der Waals surface area contributed by atoms with Gasteiger partial charge in [0.15, 0.2) is 0 Å². The molecule has 2 rings (SSSR count). The molecule has 1 aliphatic carbocycles. The molecule has 1 heterocycles. The Morgan fingerprint density at radius 2 is 2.24 bits per heavy atom. The normalized spacial score (nSPS) is 25.2. The Morgan fingerprint density at radius 1 is 1.41 bits per heavy atom. The molecule has 4 heteroatoms. The van der Waals surface area contributed by atoms with Crippen LogP contribution in [0.4, 0.5) is 0 Å². The topological polar surface area (TPSA) is 29.1 Å². The second kappa shape index (κ2) is 6.41. The molecule has 0 spiro atoms. The lowest BCUT2D eigenvalue weighted by Gasteiger charge is -2.21. The second-order valence-electron chi connectivity index (χ2n) is 4.64. The number of halogens is 1. The molecule has 0 saturated heterocycles. The molecule has 1 fully saturated rings. The highest BCUT2D eigenvalue weighted by Gasteiger charge is 2.23. The first-order valence-corrected chi connectivity index (χ1v) is 7.58. The Labute approximate surface area is 111 Å². The lowest BCUT2D eigenvalue weighted by atomic mass is 10.1. The van der Waals surface area contributed by atoms with Crippen molar-refractivity contribution in [3.63, 3.8) is 0 Å². The third-order valence-corrected chi connectivity index (χ3v) is 4.48. The maximum absolute atomic E-state index is 11.9. The maximum Gasteiger partial charge on any atom is 0.224 e. The van der Waals surface area contributed by atoms with Crippen molar-refractivity contribution in [1.82, 2.24) is 5.32 Å². The minimum Gasteiger partial charge on any atom is -0.352 e. The van der Waals surface area contributed by atoms with Crippen molar-refractivity contribution >= 4 is 28.8 Å². The lowest BCUT2D eigenvalue weighted by molar-refractivity contribution is -0.121.